The van der Waals surface area contributed by atoms with Gasteiger partial charge in [-0.15, -0.1) is 0 Å². The van der Waals surface area contributed by atoms with Crippen LogP contribution in [0.3, 0.4) is 0 Å². The Morgan fingerprint density at radius 1 is 1.28 bits per heavy atom. The van der Waals surface area contributed by atoms with Gasteiger partial charge in [0.25, 0.3) is 0 Å². The molecule has 1 saturated heterocycles. The van der Waals surface area contributed by atoms with Gasteiger partial charge in [0.15, 0.2) is 0 Å². The van der Waals surface area contributed by atoms with E-state index in [1.54, 1.807) is 0 Å². The number of hydrogen-bond acceptors (Lipinski definition) is 4. The zero-order valence-electron chi connectivity index (χ0n) is 13.9. The lowest BCUT2D eigenvalue weighted by Crippen LogP contribution is -2.52. The molecule has 3 atom stereocenters. The minimum atomic E-state index is -1.14. The van der Waals surface area contributed by atoms with Crippen molar-refractivity contribution in [1.82, 2.24) is 10.6 Å². The number of carboxylic acid groups (broad SMARTS) is 1. The highest BCUT2D eigenvalue weighted by Gasteiger charge is 2.35. The number of carbonyl (C=O) groups is 3. The molecule has 7 heteroatoms. The Kier molecular flexibility index (Phi) is 5.03. The SMILES string of the molecule is N[C@H](C(=O)N[C@@H](C[C@@H]1CCNC1=O)C(=O)O)C1Cc2ccccc2C1. The number of carbonyl (C=O) groups excluding carboxylic acids is 2. The molecular weight excluding hydrogens is 322 g/mol. The van der Waals surface area contributed by atoms with Gasteiger partial charge in [-0.2, -0.15) is 0 Å². The van der Waals surface area contributed by atoms with Gasteiger partial charge in [-0.3, -0.25) is 9.59 Å². The van der Waals surface area contributed by atoms with Crippen LogP contribution in [0.25, 0.3) is 0 Å². The number of fused-ring (bicyclic) bond motifs is 1. The van der Waals surface area contributed by atoms with Gasteiger partial charge in [-0.25, -0.2) is 4.79 Å². The molecule has 1 aliphatic carbocycles. The van der Waals surface area contributed by atoms with E-state index in [0.717, 1.165) is 0 Å². The summed E-state index contributed by atoms with van der Waals surface area (Å²) in [6, 6.07) is 6.10. The van der Waals surface area contributed by atoms with Crippen molar-refractivity contribution in [2.24, 2.45) is 17.6 Å². The molecule has 1 aliphatic heterocycles. The van der Waals surface area contributed by atoms with Crippen LogP contribution in [0.15, 0.2) is 24.3 Å². The third kappa shape index (κ3) is 3.82. The number of benzene rings is 1. The first-order valence-electron chi connectivity index (χ1n) is 8.59. The van der Waals surface area contributed by atoms with Crippen LogP contribution >= 0.6 is 0 Å². The summed E-state index contributed by atoms with van der Waals surface area (Å²) in [5.74, 6) is -2.19. The van der Waals surface area contributed by atoms with Crippen LogP contribution in [0.1, 0.15) is 24.0 Å². The fourth-order valence-corrected chi connectivity index (χ4v) is 3.70. The Hall–Kier alpha value is -2.41. The number of carboxylic acids is 1. The molecule has 1 aromatic carbocycles. The second-order valence-electron chi connectivity index (χ2n) is 6.87. The maximum Gasteiger partial charge on any atom is 0.326 e. The van der Waals surface area contributed by atoms with E-state index >= 15 is 0 Å². The third-order valence-electron chi connectivity index (χ3n) is 5.19. The van der Waals surface area contributed by atoms with Gasteiger partial charge in [0.1, 0.15) is 6.04 Å². The van der Waals surface area contributed by atoms with E-state index < -0.39 is 24.0 Å². The fourth-order valence-electron chi connectivity index (χ4n) is 3.70. The number of rotatable bonds is 6. The minimum Gasteiger partial charge on any atom is -0.480 e. The topological polar surface area (TPSA) is 122 Å². The van der Waals surface area contributed by atoms with Crippen LogP contribution in [0.2, 0.25) is 0 Å². The summed E-state index contributed by atoms with van der Waals surface area (Å²) in [5, 5.41) is 14.6. The first-order chi connectivity index (χ1) is 12.0. The normalized spacial score (nSPS) is 22.1. The lowest BCUT2D eigenvalue weighted by atomic mass is 9.95. The zero-order chi connectivity index (χ0) is 18.0. The second kappa shape index (κ2) is 7.23. The summed E-state index contributed by atoms with van der Waals surface area (Å²) in [5.41, 5.74) is 8.48. The fraction of sp³-hybridized carbons (Fsp3) is 0.500. The smallest absolute Gasteiger partial charge is 0.326 e. The van der Waals surface area contributed by atoms with Crippen LogP contribution < -0.4 is 16.4 Å². The highest BCUT2D eigenvalue weighted by molar-refractivity contribution is 5.88. The first-order valence-corrected chi connectivity index (χ1v) is 8.59. The van der Waals surface area contributed by atoms with Crippen molar-refractivity contribution in [2.75, 3.05) is 6.54 Å². The quantitative estimate of drug-likeness (QED) is 0.570. The maximum atomic E-state index is 12.5. The van der Waals surface area contributed by atoms with Crippen molar-refractivity contribution in [3.63, 3.8) is 0 Å². The monoisotopic (exact) mass is 345 g/mol. The summed E-state index contributed by atoms with van der Waals surface area (Å²) in [6.07, 6.45) is 2.11. The summed E-state index contributed by atoms with van der Waals surface area (Å²) in [6.45, 7) is 0.545. The van der Waals surface area contributed by atoms with E-state index in [4.69, 9.17) is 5.73 Å². The predicted molar refractivity (Wildman–Crippen MR) is 90.6 cm³/mol. The van der Waals surface area contributed by atoms with E-state index in [1.165, 1.54) is 11.1 Å². The van der Waals surface area contributed by atoms with Gasteiger partial charge in [-0.05, 0) is 42.7 Å². The van der Waals surface area contributed by atoms with Gasteiger partial charge in [0.2, 0.25) is 11.8 Å². The van der Waals surface area contributed by atoms with Gasteiger partial charge in [0.05, 0.1) is 6.04 Å². The number of hydrogen-bond donors (Lipinski definition) is 4. The first kappa shape index (κ1) is 17.4. The Balaban J connectivity index is 1.59. The summed E-state index contributed by atoms with van der Waals surface area (Å²) in [4.78, 5) is 35.6. The van der Waals surface area contributed by atoms with Crippen molar-refractivity contribution in [2.45, 2.75) is 37.8 Å². The maximum absolute atomic E-state index is 12.5. The predicted octanol–water partition coefficient (Wildman–Crippen LogP) is -0.176. The van der Waals surface area contributed by atoms with Gasteiger partial charge in [0, 0.05) is 12.5 Å². The lowest BCUT2D eigenvalue weighted by molar-refractivity contribution is -0.143. The van der Waals surface area contributed by atoms with Crippen molar-refractivity contribution in [3.8, 4) is 0 Å². The van der Waals surface area contributed by atoms with Gasteiger partial charge < -0.3 is 21.5 Å². The molecule has 1 heterocycles. The molecular formula is C18H23N3O4. The largest absolute Gasteiger partial charge is 0.480 e. The second-order valence-corrected chi connectivity index (χ2v) is 6.87. The van der Waals surface area contributed by atoms with Crippen molar-refractivity contribution in [3.05, 3.63) is 35.4 Å². The van der Waals surface area contributed by atoms with Gasteiger partial charge in [-0.1, -0.05) is 24.3 Å². The highest BCUT2D eigenvalue weighted by Crippen LogP contribution is 2.28. The zero-order valence-corrected chi connectivity index (χ0v) is 13.9. The molecule has 7 nitrogen and oxygen atoms in total. The molecule has 0 saturated carbocycles. The average molecular weight is 345 g/mol. The Morgan fingerprint density at radius 2 is 1.92 bits per heavy atom. The molecule has 0 radical (unpaired) electrons. The Morgan fingerprint density at radius 3 is 2.44 bits per heavy atom. The number of aliphatic carboxylic acids is 1. The van der Waals surface area contributed by atoms with E-state index in [1.807, 2.05) is 24.3 Å². The number of nitrogens with two attached hydrogens (primary N) is 1. The molecule has 0 unspecified atom stereocenters. The molecule has 1 aromatic rings. The molecule has 2 aliphatic rings. The van der Waals surface area contributed by atoms with Crippen LogP contribution in [0.4, 0.5) is 0 Å². The summed E-state index contributed by atoms with van der Waals surface area (Å²) in [7, 11) is 0. The molecule has 2 amide bonds. The molecule has 0 aromatic heterocycles. The molecule has 25 heavy (non-hydrogen) atoms. The molecule has 134 valence electrons. The molecule has 5 N–H and O–H groups in total. The molecule has 3 rings (SSSR count). The van der Waals surface area contributed by atoms with Crippen LogP contribution in [0.5, 0.6) is 0 Å². The van der Waals surface area contributed by atoms with E-state index in [-0.39, 0.29) is 24.2 Å². The highest BCUT2D eigenvalue weighted by atomic mass is 16.4. The average Bonchev–Trinajstić information content (AvgIpc) is 3.19. The number of amides is 2. The molecule has 0 bridgehead atoms. The van der Waals surface area contributed by atoms with Crippen molar-refractivity contribution >= 4 is 17.8 Å². The van der Waals surface area contributed by atoms with Crippen LogP contribution in [-0.4, -0.2) is 41.5 Å². The van der Waals surface area contributed by atoms with Crippen molar-refractivity contribution < 1.29 is 19.5 Å². The molecule has 1 fully saturated rings. The Labute approximate surface area is 146 Å². The van der Waals surface area contributed by atoms with E-state index in [9.17, 15) is 19.5 Å². The van der Waals surface area contributed by atoms with E-state index in [2.05, 4.69) is 10.6 Å². The van der Waals surface area contributed by atoms with Crippen LogP contribution in [0, 0.1) is 11.8 Å². The van der Waals surface area contributed by atoms with Crippen LogP contribution in [-0.2, 0) is 27.2 Å². The van der Waals surface area contributed by atoms with Crippen molar-refractivity contribution in [1.29, 1.82) is 0 Å². The Bertz CT molecular complexity index is 666. The van der Waals surface area contributed by atoms with E-state index in [0.29, 0.717) is 25.8 Å². The standard InChI is InChI=1S/C18H23N3O4/c19-15(13-7-10-3-1-2-4-11(10)8-13)17(23)21-14(18(24)25)9-12-5-6-20-16(12)22/h1-4,12-15H,5-9,19H2,(H,20,22)(H,21,23)(H,24,25)/t12-,14-,15-/m0/s1. The number of nitrogens with one attached hydrogen (secondary N) is 2. The third-order valence-corrected chi connectivity index (χ3v) is 5.19. The summed E-state index contributed by atoms with van der Waals surface area (Å²) >= 11 is 0. The lowest BCUT2D eigenvalue weighted by Gasteiger charge is -2.22. The molecule has 0 spiro atoms. The summed E-state index contributed by atoms with van der Waals surface area (Å²) < 4.78 is 0. The van der Waals surface area contributed by atoms with Gasteiger partial charge >= 0.3 is 5.97 Å². The minimum absolute atomic E-state index is 0.0402.